The highest BCUT2D eigenvalue weighted by Crippen LogP contribution is 2.50. The van der Waals surface area contributed by atoms with E-state index in [1.165, 1.54) is 12.3 Å². The van der Waals surface area contributed by atoms with Gasteiger partial charge in [0.05, 0.1) is 6.61 Å². The number of hydrogen-bond acceptors (Lipinski definition) is 7. The molecule has 2 aliphatic rings. The molecular weight excluding hydrogens is 484 g/mol. The van der Waals surface area contributed by atoms with Crippen LogP contribution in [0.15, 0.2) is 21.9 Å². The summed E-state index contributed by atoms with van der Waals surface area (Å²) in [5.41, 5.74) is -2.71. The van der Waals surface area contributed by atoms with Crippen molar-refractivity contribution in [3.63, 3.8) is 0 Å². The molecule has 0 radical (unpaired) electrons. The molecule has 0 spiro atoms. The summed E-state index contributed by atoms with van der Waals surface area (Å²) in [4.78, 5) is 26.6. The van der Waals surface area contributed by atoms with E-state index in [4.69, 9.17) is 17.7 Å². The van der Waals surface area contributed by atoms with E-state index in [0.717, 1.165) is 4.57 Å². The van der Waals surface area contributed by atoms with Crippen LogP contribution in [0.3, 0.4) is 0 Å². The van der Waals surface area contributed by atoms with Gasteiger partial charge in [0.25, 0.3) is 5.56 Å². The summed E-state index contributed by atoms with van der Waals surface area (Å²) in [6.45, 7) is 18.6. The third-order valence-electron chi connectivity index (χ3n) is 7.20. The van der Waals surface area contributed by atoms with Gasteiger partial charge in [0.1, 0.15) is 12.2 Å². The standard InChI is InChI=1S/C24H40N2O7Si2/c1-10-12-24(29)21-19(31-22(24)26-13-11-20(27)25-23(26)28)14-30-34(15(2)3,16(4)5)33-35(32-21,17(6)7)18(8)9/h11,13,15-19,21-22,29H,14H2,1-9H3,(H,25,27,28)/t19-,21-,22?,24-/m1/s1. The van der Waals surface area contributed by atoms with Crippen LogP contribution in [0.4, 0.5) is 0 Å². The second-order valence-corrected chi connectivity index (χ2v) is 19.6. The van der Waals surface area contributed by atoms with Crippen molar-refractivity contribution in [1.29, 1.82) is 0 Å². The lowest BCUT2D eigenvalue weighted by atomic mass is 9.94. The summed E-state index contributed by atoms with van der Waals surface area (Å²) in [6.07, 6.45) is -1.50. The van der Waals surface area contributed by atoms with E-state index in [0.29, 0.717) is 0 Å². The Bertz CT molecular complexity index is 1070. The largest absolute Gasteiger partial charge is 0.414 e. The van der Waals surface area contributed by atoms with E-state index in [9.17, 15) is 14.7 Å². The summed E-state index contributed by atoms with van der Waals surface area (Å²) in [5.74, 6) is 5.65. The molecule has 3 rings (SSSR count). The molecule has 2 fully saturated rings. The number of aromatic nitrogens is 2. The smallest absolute Gasteiger partial charge is 0.335 e. The summed E-state index contributed by atoms with van der Waals surface area (Å²) in [7, 11) is -5.86. The minimum absolute atomic E-state index is 0.0444. The Labute approximate surface area is 209 Å². The molecule has 0 amide bonds. The lowest BCUT2D eigenvalue weighted by molar-refractivity contribution is -0.0751. The third kappa shape index (κ3) is 4.66. The number of nitrogens with one attached hydrogen (secondary N) is 1. The molecule has 35 heavy (non-hydrogen) atoms. The normalized spacial score (nSPS) is 30.2. The number of aromatic amines is 1. The molecule has 1 unspecified atom stereocenters. The van der Waals surface area contributed by atoms with Crippen molar-refractivity contribution in [2.45, 2.75) is 109 Å². The first-order chi connectivity index (χ1) is 16.2. The van der Waals surface area contributed by atoms with E-state index in [2.05, 4.69) is 72.2 Å². The van der Waals surface area contributed by atoms with Crippen LogP contribution in [0, 0.1) is 11.8 Å². The summed E-state index contributed by atoms with van der Waals surface area (Å²) < 4.78 is 28.3. The maximum Gasteiger partial charge on any atom is 0.335 e. The van der Waals surface area contributed by atoms with Crippen molar-refractivity contribution in [2.75, 3.05) is 6.61 Å². The van der Waals surface area contributed by atoms with Crippen LogP contribution in [-0.2, 0) is 17.7 Å². The van der Waals surface area contributed by atoms with Crippen LogP contribution in [0.2, 0.25) is 22.2 Å². The number of ether oxygens (including phenoxy) is 1. The van der Waals surface area contributed by atoms with Gasteiger partial charge in [-0.3, -0.25) is 14.3 Å². The van der Waals surface area contributed by atoms with E-state index in [-0.39, 0.29) is 28.8 Å². The molecule has 4 atom stereocenters. The van der Waals surface area contributed by atoms with Crippen molar-refractivity contribution < 1.29 is 22.8 Å². The zero-order valence-corrected chi connectivity index (χ0v) is 24.2. The molecule has 0 aromatic carbocycles. The second-order valence-electron chi connectivity index (χ2n) is 10.8. The van der Waals surface area contributed by atoms with Gasteiger partial charge in [0, 0.05) is 12.3 Å². The Kier molecular flexibility index (Phi) is 8.08. The van der Waals surface area contributed by atoms with Crippen molar-refractivity contribution in [3.8, 4) is 11.8 Å². The molecule has 0 aliphatic carbocycles. The number of nitrogens with zero attached hydrogens (tertiary/aromatic N) is 1. The predicted molar refractivity (Wildman–Crippen MR) is 137 cm³/mol. The first-order valence-corrected chi connectivity index (χ1v) is 16.3. The highest BCUT2D eigenvalue weighted by Gasteiger charge is 2.65. The Hall–Kier alpha value is -1.53. The number of rotatable bonds is 5. The zero-order chi connectivity index (χ0) is 26.3. The summed E-state index contributed by atoms with van der Waals surface area (Å²) >= 11 is 0. The summed E-state index contributed by atoms with van der Waals surface area (Å²) in [5, 5.41) is 12.0. The van der Waals surface area contributed by atoms with Gasteiger partial charge in [-0.1, -0.05) is 61.3 Å². The third-order valence-corrected chi connectivity index (χ3v) is 17.4. The van der Waals surface area contributed by atoms with Crippen molar-refractivity contribution in [3.05, 3.63) is 33.1 Å². The molecule has 2 N–H and O–H groups in total. The average Bonchev–Trinajstić information content (AvgIpc) is 2.98. The second kappa shape index (κ2) is 10.1. The molecular formula is C24H40N2O7Si2. The van der Waals surface area contributed by atoms with Crippen LogP contribution in [-0.4, -0.2) is 56.2 Å². The van der Waals surface area contributed by atoms with Gasteiger partial charge >= 0.3 is 22.8 Å². The Balaban J connectivity index is 2.23. The van der Waals surface area contributed by atoms with E-state index < -0.39 is 52.4 Å². The molecule has 1 aromatic heterocycles. The van der Waals surface area contributed by atoms with E-state index >= 15 is 0 Å². The highest BCUT2D eigenvalue weighted by molar-refractivity contribution is 6.84. The van der Waals surface area contributed by atoms with Crippen LogP contribution >= 0.6 is 0 Å². The van der Waals surface area contributed by atoms with E-state index in [1.54, 1.807) is 6.92 Å². The van der Waals surface area contributed by atoms with Crippen molar-refractivity contribution in [2.24, 2.45) is 0 Å². The van der Waals surface area contributed by atoms with Gasteiger partial charge < -0.3 is 22.8 Å². The molecule has 1 aromatic rings. The van der Waals surface area contributed by atoms with Gasteiger partial charge in [0.15, 0.2) is 11.8 Å². The van der Waals surface area contributed by atoms with Crippen LogP contribution in [0.25, 0.3) is 0 Å². The molecule has 196 valence electrons. The Morgan fingerprint density at radius 2 is 1.63 bits per heavy atom. The lowest BCUT2D eigenvalue weighted by Gasteiger charge is -2.51. The number of fused-ring (bicyclic) bond motifs is 1. The first kappa shape index (κ1) is 28.1. The van der Waals surface area contributed by atoms with Crippen molar-refractivity contribution >= 4 is 17.1 Å². The SMILES string of the molecule is CC#C[C@]1(O)C(n2ccc(=O)[nH]c2=O)O[C@@H]2CO[Si](C(C)C)(C(C)C)O[Si](C(C)C)(C(C)C)O[C@H]21. The topological polar surface area (TPSA) is 112 Å². The molecule has 9 nitrogen and oxygen atoms in total. The van der Waals surface area contributed by atoms with Gasteiger partial charge in [-0.2, -0.15) is 0 Å². The maximum atomic E-state index is 12.7. The predicted octanol–water partition coefficient (Wildman–Crippen LogP) is 3.14. The first-order valence-electron chi connectivity index (χ1n) is 12.4. The van der Waals surface area contributed by atoms with Crippen LogP contribution < -0.4 is 11.2 Å². The number of aliphatic hydroxyl groups is 1. The van der Waals surface area contributed by atoms with Crippen LogP contribution in [0.5, 0.6) is 0 Å². The molecule has 2 aliphatic heterocycles. The minimum Gasteiger partial charge on any atom is -0.414 e. The van der Waals surface area contributed by atoms with Gasteiger partial charge in [-0.05, 0) is 29.1 Å². The fourth-order valence-corrected chi connectivity index (χ4v) is 16.6. The van der Waals surface area contributed by atoms with Crippen LogP contribution in [0.1, 0.15) is 68.5 Å². The molecule has 0 bridgehead atoms. The highest BCUT2D eigenvalue weighted by atomic mass is 28.5. The molecule has 3 heterocycles. The minimum atomic E-state index is -3.05. The van der Waals surface area contributed by atoms with Crippen molar-refractivity contribution in [1.82, 2.24) is 9.55 Å². The fourth-order valence-electron chi connectivity index (χ4n) is 5.40. The van der Waals surface area contributed by atoms with Gasteiger partial charge in [-0.25, -0.2) is 4.79 Å². The Morgan fingerprint density at radius 3 is 2.11 bits per heavy atom. The number of H-pyrrole nitrogens is 1. The quantitative estimate of drug-likeness (QED) is 0.449. The Morgan fingerprint density at radius 1 is 1.06 bits per heavy atom. The molecule has 2 saturated heterocycles. The maximum absolute atomic E-state index is 12.7. The zero-order valence-electron chi connectivity index (χ0n) is 22.2. The fraction of sp³-hybridized carbons (Fsp3) is 0.750. The monoisotopic (exact) mass is 524 g/mol. The van der Waals surface area contributed by atoms with Gasteiger partial charge in [0.2, 0.25) is 0 Å². The number of hydrogen-bond donors (Lipinski definition) is 2. The molecule has 0 saturated carbocycles. The van der Waals surface area contributed by atoms with E-state index in [1.807, 2.05) is 0 Å². The summed E-state index contributed by atoms with van der Waals surface area (Å²) in [6, 6.07) is 1.21. The lowest BCUT2D eigenvalue weighted by Crippen LogP contribution is -2.67. The molecule has 11 heteroatoms. The average molecular weight is 525 g/mol. The van der Waals surface area contributed by atoms with Gasteiger partial charge in [-0.15, -0.1) is 5.92 Å².